The topological polar surface area (TPSA) is 40.2 Å². The summed E-state index contributed by atoms with van der Waals surface area (Å²) in [5.74, 6) is 1.66. The highest BCUT2D eigenvalue weighted by atomic mass is 16.5. The molecule has 0 bridgehead atoms. The lowest BCUT2D eigenvalue weighted by Crippen LogP contribution is -2.09. The Morgan fingerprint density at radius 1 is 1.38 bits per heavy atom. The van der Waals surface area contributed by atoms with Gasteiger partial charge in [0.15, 0.2) is 0 Å². The predicted molar refractivity (Wildman–Crippen MR) is 67.9 cm³/mol. The van der Waals surface area contributed by atoms with Gasteiger partial charge in [-0.1, -0.05) is 13.8 Å². The maximum Gasteiger partial charge on any atom is 0.140 e. The number of hydrogen-bond acceptors (Lipinski definition) is 2. The van der Waals surface area contributed by atoms with Crippen molar-refractivity contribution in [3.05, 3.63) is 17.5 Å². The first-order valence-corrected chi connectivity index (χ1v) is 6.05. The van der Waals surface area contributed by atoms with Crippen LogP contribution in [0.1, 0.15) is 31.7 Å². The lowest BCUT2D eigenvalue weighted by atomic mass is 10.2. The highest BCUT2D eigenvalue weighted by Crippen LogP contribution is 2.23. The number of ether oxygens (including phenoxy) is 1. The largest absolute Gasteiger partial charge is 0.492 e. The summed E-state index contributed by atoms with van der Waals surface area (Å²) in [6.07, 6.45) is 0.911. The van der Waals surface area contributed by atoms with E-state index in [-0.39, 0.29) is 0 Å². The van der Waals surface area contributed by atoms with Gasteiger partial charge in [0.05, 0.1) is 12.3 Å². The zero-order valence-corrected chi connectivity index (χ0v) is 10.9. The molecule has 0 saturated heterocycles. The van der Waals surface area contributed by atoms with Crippen LogP contribution in [0, 0.1) is 19.8 Å². The zero-order valence-electron chi connectivity index (χ0n) is 10.9. The summed E-state index contributed by atoms with van der Waals surface area (Å²) in [6.45, 7) is 11.2. The van der Waals surface area contributed by atoms with Crippen molar-refractivity contribution >= 4 is 0 Å². The molecule has 3 nitrogen and oxygen atoms in total. The highest BCUT2D eigenvalue weighted by Gasteiger charge is 2.10. The molecule has 0 unspecified atom stereocenters. The molecule has 0 aromatic carbocycles. The fourth-order valence-electron chi connectivity index (χ4n) is 1.83. The van der Waals surface area contributed by atoms with Crippen molar-refractivity contribution in [3.63, 3.8) is 0 Å². The molecule has 1 heterocycles. The van der Waals surface area contributed by atoms with Crippen LogP contribution in [-0.4, -0.2) is 17.7 Å². The first-order chi connectivity index (χ1) is 7.56. The Hall–Kier alpha value is -0.960. The molecule has 0 aliphatic carbocycles. The van der Waals surface area contributed by atoms with E-state index in [1.165, 1.54) is 11.4 Å². The van der Waals surface area contributed by atoms with E-state index in [2.05, 4.69) is 38.3 Å². The van der Waals surface area contributed by atoms with Crippen LogP contribution in [0.25, 0.3) is 0 Å². The molecular formula is C13H24N2O. The Morgan fingerprint density at radius 2 is 2.06 bits per heavy atom. The van der Waals surface area contributed by atoms with Crippen molar-refractivity contribution in [2.24, 2.45) is 11.7 Å². The maximum atomic E-state index is 5.72. The van der Waals surface area contributed by atoms with Gasteiger partial charge in [-0.3, -0.25) is 0 Å². The highest BCUT2D eigenvalue weighted by molar-refractivity contribution is 5.33. The van der Waals surface area contributed by atoms with Crippen molar-refractivity contribution in [1.29, 1.82) is 0 Å². The molecule has 92 valence electrons. The number of hydrogen-bond donors (Lipinski definition) is 1. The van der Waals surface area contributed by atoms with E-state index in [0.29, 0.717) is 19.1 Å². The molecule has 0 radical (unpaired) electrons. The van der Waals surface area contributed by atoms with E-state index in [1.54, 1.807) is 0 Å². The average molecular weight is 224 g/mol. The van der Waals surface area contributed by atoms with Crippen LogP contribution in [0.5, 0.6) is 5.75 Å². The van der Waals surface area contributed by atoms with E-state index in [1.807, 2.05) is 0 Å². The zero-order chi connectivity index (χ0) is 12.1. The van der Waals surface area contributed by atoms with Gasteiger partial charge in [-0.25, -0.2) is 0 Å². The molecule has 0 fully saturated rings. The van der Waals surface area contributed by atoms with E-state index in [4.69, 9.17) is 10.5 Å². The summed E-state index contributed by atoms with van der Waals surface area (Å²) in [5, 5.41) is 0. The van der Waals surface area contributed by atoms with Gasteiger partial charge in [0.25, 0.3) is 0 Å². The minimum Gasteiger partial charge on any atom is -0.492 e. The SMILES string of the molecule is Cc1cc(OCCCN)c(C)n1CC(C)C. The van der Waals surface area contributed by atoms with Gasteiger partial charge in [0.1, 0.15) is 5.75 Å². The summed E-state index contributed by atoms with van der Waals surface area (Å²) in [4.78, 5) is 0. The minimum absolute atomic E-state index is 0.654. The van der Waals surface area contributed by atoms with Crippen molar-refractivity contribution in [2.75, 3.05) is 13.2 Å². The molecule has 1 aromatic heterocycles. The Bertz CT molecular complexity index is 329. The quantitative estimate of drug-likeness (QED) is 0.754. The van der Waals surface area contributed by atoms with Crippen LogP contribution in [0.2, 0.25) is 0 Å². The summed E-state index contributed by atoms with van der Waals surface area (Å²) >= 11 is 0. The molecule has 0 spiro atoms. The second-order valence-electron chi connectivity index (χ2n) is 4.73. The molecule has 0 aliphatic heterocycles. The normalized spacial score (nSPS) is 11.1. The maximum absolute atomic E-state index is 5.72. The summed E-state index contributed by atoms with van der Waals surface area (Å²) < 4.78 is 8.04. The molecular weight excluding hydrogens is 200 g/mol. The fraction of sp³-hybridized carbons (Fsp3) is 0.692. The number of rotatable bonds is 6. The average Bonchev–Trinajstić information content (AvgIpc) is 2.46. The Kier molecular flexibility index (Phi) is 4.87. The van der Waals surface area contributed by atoms with E-state index >= 15 is 0 Å². The van der Waals surface area contributed by atoms with Crippen LogP contribution in [0.3, 0.4) is 0 Å². The van der Waals surface area contributed by atoms with Crippen LogP contribution in [-0.2, 0) is 6.54 Å². The van der Waals surface area contributed by atoms with Crippen LogP contribution >= 0.6 is 0 Å². The van der Waals surface area contributed by atoms with Gasteiger partial charge in [-0.15, -0.1) is 0 Å². The Morgan fingerprint density at radius 3 is 2.62 bits per heavy atom. The number of nitrogens with two attached hydrogens (primary N) is 1. The lowest BCUT2D eigenvalue weighted by Gasteiger charge is -2.12. The molecule has 0 saturated carbocycles. The molecule has 3 heteroatoms. The van der Waals surface area contributed by atoms with Crippen LogP contribution < -0.4 is 10.5 Å². The standard InChI is InChI=1S/C13H24N2O/c1-10(2)9-15-11(3)8-13(12(15)4)16-7-5-6-14/h8,10H,5-7,9,14H2,1-4H3. The molecule has 1 rings (SSSR count). The lowest BCUT2D eigenvalue weighted by molar-refractivity contribution is 0.310. The third-order valence-electron chi connectivity index (χ3n) is 2.68. The molecule has 0 aliphatic rings. The van der Waals surface area contributed by atoms with Crippen molar-refractivity contribution in [3.8, 4) is 5.75 Å². The Balaban J connectivity index is 2.72. The summed E-state index contributed by atoms with van der Waals surface area (Å²) in [7, 11) is 0. The van der Waals surface area contributed by atoms with Crippen LogP contribution in [0.4, 0.5) is 0 Å². The number of aryl methyl sites for hydroxylation is 1. The van der Waals surface area contributed by atoms with Crippen molar-refractivity contribution < 1.29 is 4.74 Å². The van der Waals surface area contributed by atoms with Crippen molar-refractivity contribution in [1.82, 2.24) is 4.57 Å². The molecule has 0 amide bonds. The third kappa shape index (κ3) is 3.27. The molecule has 2 N–H and O–H groups in total. The number of aromatic nitrogens is 1. The first-order valence-electron chi connectivity index (χ1n) is 6.05. The monoisotopic (exact) mass is 224 g/mol. The third-order valence-corrected chi connectivity index (χ3v) is 2.68. The second-order valence-corrected chi connectivity index (χ2v) is 4.73. The molecule has 0 atom stereocenters. The van der Waals surface area contributed by atoms with E-state index < -0.39 is 0 Å². The molecule has 16 heavy (non-hydrogen) atoms. The number of nitrogens with zero attached hydrogens (tertiary/aromatic N) is 1. The van der Waals surface area contributed by atoms with Gasteiger partial charge in [0.2, 0.25) is 0 Å². The van der Waals surface area contributed by atoms with Crippen LogP contribution in [0.15, 0.2) is 6.07 Å². The smallest absolute Gasteiger partial charge is 0.140 e. The minimum atomic E-state index is 0.654. The van der Waals surface area contributed by atoms with Gasteiger partial charge in [0, 0.05) is 18.3 Å². The van der Waals surface area contributed by atoms with E-state index in [9.17, 15) is 0 Å². The Labute approximate surface area is 98.6 Å². The van der Waals surface area contributed by atoms with E-state index in [0.717, 1.165) is 18.7 Å². The summed E-state index contributed by atoms with van der Waals surface area (Å²) in [6, 6.07) is 2.12. The van der Waals surface area contributed by atoms with Gasteiger partial charge in [-0.05, 0) is 32.7 Å². The molecule has 1 aromatic rings. The van der Waals surface area contributed by atoms with Gasteiger partial charge < -0.3 is 15.0 Å². The predicted octanol–water partition coefficient (Wildman–Crippen LogP) is 2.49. The first kappa shape index (κ1) is 13.1. The van der Waals surface area contributed by atoms with Gasteiger partial charge in [-0.2, -0.15) is 0 Å². The second kappa shape index (κ2) is 5.94. The van der Waals surface area contributed by atoms with Crippen molar-refractivity contribution in [2.45, 2.75) is 40.7 Å². The summed E-state index contributed by atoms with van der Waals surface area (Å²) in [5.41, 5.74) is 7.94. The van der Waals surface area contributed by atoms with Gasteiger partial charge >= 0.3 is 0 Å². The fourth-order valence-corrected chi connectivity index (χ4v) is 1.83.